The Hall–Kier alpha value is -1.42. The molecular weight excluding hydrogens is 230 g/mol. The molecule has 4 heteroatoms. The Morgan fingerprint density at radius 3 is 2.78 bits per heavy atom. The van der Waals surface area contributed by atoms with E-state index in [-0.39, 0.29) is 5.97 Å². The number of aryl methyl sites for hydroxylation is 1. The van der Waals surface area contributed by atoms with Crippen molar-refractivity contribution >= 4 is 5.97 Å². The van der Waals surface area contributed by atoms with Crippen LogP contribution in [0.2, 0.25) is 0 Å². The van der Waals surface area contributed by atoms with E-state index in [1.54, 1.807) is 7.11 Å². The highest BCUT2D eigenvalue weighted by molar-refractivity contribution is 5.90. The van der Waals surface area contributed by atoms with Gasteiger partial charge in [0.1, 0.15) is 0 Å². The number of nitrogens with zero attached hydrogens (tertiary/aromatic N) is 1. The third-order valence-corrected chi connectivity index (χ3v) is 3.05. The van der Waals surface area contributed by atoms with E-state index in [0.29, 0.717) is 24.7 Å². The van der Waals surface area contributed by atoms with Gasteiger partial charge in [0.2, 0.25) is 0 Å². The second-order valence-corrected chi connectivity index (χ2v) is 4.63. The molecule has 18 heavy (non-hydrogen) atoms. The lowest BCUT2D eigenvalue weighted by atomic mass is 10.1. The van der Waals surface area contributed by atoms with Crippen LogP contribution in [0, 0.1) is 6.92 Å². The van der Waals surface area contributed by atoms with Crippen LogP contribution in [0.4, 0.5) is 0 Å². The van der Waals surface area contributed by atoms with Crippen molar-refractivity contribution in [2.75, 3.05) is 20.3 Å². The minimum absolute atomic E-state index is 0.293. The molecule has 1 saturated carbocycles. The molecule has 0 aliphatic heterocycles. The molecule has 0 unspecified atom stereocenters. The van der Waals surface area contributed by atoms with Crippen molar-refractivity contribution in [1.82, 2.24) is 4.98 Å². The lowest BCUT2D eigenvalue weighted by molar-refractivity contribution is 0.0467. The van der Waals surface area contributed by atoms with E-state index in [1.807, 2.05) is 19.1 Å². The molecule has 0 radical (unpaired) electrons. The summed E-state index contributed by atoms with van der Waals surface area (Å²) in [6.07, 6.45) is 3.15. The molecule has 4 nitrogen and oxygen atoms in total. The van der Waals surface area contributed by atoms with Gasteiger partial charge < -0.3 is 9.47 Å². The van der Waals surface area contributed by atoms with Gasteiger partial charge >= 0.3 is 5.97 Å². The number of carbonyl (C=O) groups is 1. The average Bonchev–Trinajstić information content (AvgIpc) is 3.18. The van der Waals surface area contributed by atoms with Crippen molar-refractivity contribution in [3.8, 4) is 0 Å². The Morgan fingerprint density at radius 2 is 2.17 bits per heavy atom. The molecule has 1 fully saturated rings. The van der Waals surface area contributed by atoms with Crippen molar-refractivity contribution in [1.29, 1.82) is 0 Å². The molecule has 1 aliphatic carbocycles. The maximum atomic E-state index is 11.8. The molecule has 0 spiro atoms. The normalized spacial score (nSPS) is 14.6. The third kappa shape index (κ3) is 3.29. The number of ether oxygens (including phenoxy) is 2. The van der Waals surface area contributed by atoms with Crippen LogP contribution in [0.1, 0.15) is 46.9 Å². The number of esters is 1. The topological polar surface area (TPSA) is 48.4 Å². The second kappa shape index (κ2) is 5.96. The molecule has 1 heterocycles. The number of hydrogen-bond acceptors (Lipinski definition) is 4. The number of hydrogen-bond donors (Lipinski definition) is 0. The lowest BCUT2D eigenvalue weighted by Crippen LogP contribution is -2.10. The maximum absolute atomic E-state index is 11.8. The molecule has 0 atom stereocenters. The fourth-order valence-electron chi connectivity index (χ4n) is 1.85. The van der Waals surface area contributed by atoms with Crippen molar-refractivity contribution in [2.24, 2.45) is 0 Å². The summed E-state index contributed by atoms with van der Waals surface area (Å²) in [5.74, 6) is 0.314. The van der Waals surface area contributed by atoms with Crippen LogP contribution in [0.15, 0.2) is 12.1 Å². The maximum Gasteiger partial charge on any atom is 0.339 e. The smallest absolute Gasteiger partial charge is 0.339 e. The van der Waals surface area contributed by atoms with E-state index in [4.69, 9.17) is 9.47 Å². The molecule has 1 aromatic heterocycles. The fourth-order valence-corrected chi connectivity index (χ4v) is 1.85. The molecular formula is C14H19NO3. The summed E-state index contributed by atoms with van der Waals surface area (Å²) < 4.78 is 10.1. The first-order valence-electron chi connectivity index (χ1n) is 6.36. The summed E-state index contributed by atoms with van der Waals surface area (Å²) in [5, 5.41) is 0. The van der Waals surface area contributed by atoms with Crippen LogP contribution in [0.5, 0.6) is 0 Å². The predicted octanol–water partition coefficient (Wildman–Crippen LogP) is 2.46. The first-order chi connectivity index (χ1) is 8.72. The van der Waals surface area contributed by atoms with Gasteiger partial charge in [-0.15, -0.1) is 0 Å². The van der Waals surface area contributed by atoms with E-state index in [9.17, 15) is 4.79 Å². The molecule has 0 saturated heterocycles. The van der Waals surface area contributed by atoms with Gasteiger partial charge in [-0.2, -0.15) is 0 Å². The summed E-state index contributed by atoms with van der Waals surface area (Å²) in [6, 6.07) is 3.77. The summed E-state index contributed by atoms with van der Waals surface area (Å²) in [7, 11) is 1.63. The molecule has 1 aliphatic rings. The van der Waals surface area contributed by atoms with Crippen LogP contribution >= 0.6 is 0 Å². The number of carbonyl (C=O) groups excluding carboxylic acids is 1. The SMILES string of the molecule is COCCCOC(=O)c1ccc(C2CC2)nc1C. The molecule has 0 aromatic carbocycles. The van der Waals surface area contributed by atoms with Crippen LogP contribution in [0.25, 0.3) is 0 Å². The Balaban J connectivity index is 1.92. The standard InChI is InChI=1S/C14H19NO3/c1-10-12(14(16)18-9-3-8-17-2)6-7-13(15-10)11-4-5-11/h6-7,11H,3-5,8-9H2,1-2H3. The van der Waals surface area contributed by atoms with E-state index < -0.39 is 0 Å². The minimum atomic E-state index is -0.293. The van der Waals surface area contributed by atoms with Crippen LogP contribution in [-0.2, 0) is 9.47 Å². The highest BCUT2D eigenvalue weighted by Gasteiger charge is 2.25. The van der Waals surface area contributed by atoms with Crippen molar-refractivity contribution in [3.63, 3.8) is 0 Å². The van der Waals surface area contributed by atoms with Crippen molar-refractivity contribution in [2.45, 2.75) is 32.1 Å². The van der Waals surface area contributed by atoms with Gasteiger partial charge in [-0.1, -0.05) is 0 Å². The van der Waals surface area contributed by atoms with Crippen molar-refractivity contribution in [3.05, 3.63) is 29.1 Å². The molecule has 0 amide bonds. The minimum Gasteiger partial charge on any atom is -0.462 e. The second-order valence-electron chi connectivity index (χ2n) is 4.63. The lowest BCUT2D eigenvalue weighted by Gasteiger charge is -2.07. The first kappa shape index (κ1) is 13.0. The quantitative estimate of drug-likeness (QED) is 0.574. The Kier molecular flexibility index (Phi) is 4.31. The van der Waals surface area contributed by atoms with Gasteiger partial charge in [-0.25, -0.2) is 4.79 Å². The molecule has 0 N–H and O–H groups in total. The largest absolute Gasteiger partial charge is 0.462 e. The molecule has 0 bridgehead atoms. The zero-order valence-electron chi connectivity index (χ0n) is 10.9. The molecule has 1 aromatic rings. The zero-order chi connectivity index (χ0) is 13.0. The Labute approximate surface area is 107 Å². The highest BCUT2D eigenvalue weighted by Crippen LogP contribution is 2.39. The summed E-state index contributed by atoms with van der Waals surface area (Å²) in [6.45, 7) is 2.85. The van der Waals surface area contributed by atoms with E-state index in [2.05, 4.69) is 4.98 Å². The third-order valence-electron chi connectivity index (χ3n) is 3.05. The fraction of sp³-hybridized carbons (Fsp3) is 0.571. The monoisotopic (exact) mass is 249 g/mol. The van der Waals surface area contributed by atoms with Crippen molar-refractivity contribution < 1.29 is 14.3 Å². The van der Waals surface area contributed by atoms with E-state index in [1.165, 1.54) is 12.8 Å². The number of rotatable bonds is 6. The van der Waals surface area contributed by atoms with Gasteiger partial charge in [-0.3, -0.25) is 4.98 Å². The Bertz CT molecular complexity index is 427. The van der Waals surface area contributed by atoms with Crippen LogP contribution in [0.3, 0.4) is 0 Å². The molecule has 98 valence electrons. The summed E-state index contributed by atoms with van der Waals surface area (Å²) in [5.41, 5.74) is 2.43. The van der Waals surface area contributed by atoms with Gasteiger partial charge in [0.25, 0.3) is 0 Å². The number of methoxy groups -OCH3 is 1. The summed E-state index contributed by atoms with van der Waals surface area (Å²) >= 11 is 0. The summed E-state index contributed by atoms with van der Waals surface area (Å²) in [4.78, 5) is 16.3. The van der Waals surface area contributed by atoms with Crippen LogP contribution < -0.4 is 0 Å². The van der Waals surface area contributed by atoms with Gasteiger partial charge in [0, 0.05) is 31.7 Å². The van der Waals surface area contributed by atoms with Gasteiger partial charge in [-0.05, 0) is 31.9 Å². The van der Waals surface area contributed by atoms with Gasteiger partial charge in [0.15, 0.2) is 0 Å². The predicted molar refractivity (Wildman–Crippen MR) is 67.7 cm³/mol. The number of pyridine rings is 1. The average molecular weight is 249 g/mol. The highest BCUT2D eigenvalue weighted by atomic mass is 16.5. The van der Waals surface area contributed by atoms with E-state index in [0.717, 1.165) is 17.8 Å². The Morgan fingerprint density at radius 1 is 1.39 bits per heavy atom. The first-order valence-corrected chi connectivity index (χ1v) is 6.36. The van der Waals surface area contributed by atoms with Gasteiger partial charge in [0.05, 0.1) is 17.9 Å². The zero-order valence-corrected chi connectivity index (χ0v) is 10.9. The number of aromatic nitrogens is 1. The molecule has 2 rings (SSSR count). The van der Waals surface area contributed by atoms with E-state index >= 15 is 0 Å². The van der Waals surface area contributed by atoms with Crippen LogP contribution in [-0.4, -0.2) is 31.3 Å².